The molecule has 104 valence electrons. The zero-order chi connectivity index (χ0) is 14.5. The van der Waals surface area contributed by atoms with Crippen LogP contribution in [0.25, 0.3) is 0 Å². The second kappa shape index (κ2) is 5.96. The SMILES string of the molecule is O=C1C=C(NNC(=O)c2ccc([N+](=O)[O-])cc2)CCC1. The lowest BCUT2D eigenvalue weighted by Crippen LogP contribution is -2.37. The summed E-state index contributed by atoms with van der Waals surface area (Å²) in [6.45, 7) is 0. The molecule has 2 N–H and O–H groups in total. The highest BCUT2D eigenvalue weighted by atomic mass is 16.6. The molecule has 7 heteroatoms. The zero-order valence-electron chi connectivity index (χ0n) is 10.6. The van der Waals surface area contributed by atoms with Gasteiger partial charge in [-0.3, -0.25) is 25.1 Å². The smallest absolute Gasteiger partial charge is 0.269 e. The van der Waals surface area contributed by atoms with E-state index in [1.54, 1.807) is 0 Å². The lowest BCUT2D eigenvalue weighted by Gasteiger charge is -2.15. The molecule has 0 spiro atoms. The Bertz CT molecular complexity index is 578. The number of non-ortho nitro benzene ring substituents is 1. The van der Waals surface area contributed by atoms with Gasteiger partial charge in [-0.05, 0) is 25.0 Å². The summed E-state index contributed by atoms with van der Waals surface area (Å²) in [5, 5.41) is 10.5. The third kappa shape index (κ3) is 3.41. The summed E-state index contributed by atoms with van der Waals surface area (Å²) in [6.07, 6.45) is 3.46. The van der Waals surface area contributed by atoms with E-state index in [1.165, 1.54) is 30.3 Å². The number of ketones is 1. The van der Waals surface area contributed by atoms with Gasteiger partial charge in [0.15, 0.2) is 5.78 Å². The Morgan fingerprint density at radius 3 is 2.50 bits per heavy atom. The second-order valence-corrected chi connectivity index (χ2v) is 4.37. The fraction of sp³-hybridized carbons (Fsp3) is 0.231. The molecule has 7 nitrogen and oxygen atoms in total. The lowest BCUT2D eigenvalue weighted by atomic mass is 10.0. The van der Waals surface area contributed by atoms with Gasteiger partial charge in [0.05, 0.1) is 4.92 Å². The molecule has 0 unspecified atom stereocenters. The van der Waals surface area contributed by atoms with Crippen LogP contribution in [-0.4, -0.2) is 16.6 Å². The van der Waals surface area contributed by atoms with Gasteiger partial charge in [-0.1, -0.05) is 0 Å². The van der Waals surface area contributed by atoms with Crippen LogP contribution < -0.4 is 10.9 Å². The number of nitro groups is 1. The normalized spacial score (nSPS) is 14.4. The average Bonchev–Trinajstić information content (AvgIpc) is 2.45. The van der Waals surface area contributed by atoms with Crippen LogP contribution in [0.5, 0.6) is 0 Å². The van der Waals surface area contributed by atoms with E-state index < -0.39 is 10.8 Å². The average molecular weight is 275 g/mol. The molecule has 0 saturated heterocycles. The first-order valence-electron chi connectivity index (χ1n) is 6.10. The van der Waals surface area contributed by atoms with Crippen molar-refractivity contribution in [3.8, 4) is 0 Å². The zero-order valence-corrected chi connectivity index (χ0v) is 10.6. The Balaban J connectivity index is 1.95. The van der Waals surface area contributed by atoms with Gasteiger partial charge < -0.3 is 5.43 Å². The Kier molecular flexibility index (Phi) is 4.09. The molecule has 0 atom stereocenters. The van der Waals surface area contributed by atoms with Gasteiger partial charge in [0, 0.05) is 35.9 Å². The number of nitrogens with one attached hydrogen (secondary N) is 2. The van der Waals surface area contributed by atoms with Gasteiger partial charge in [-0.25, -0.2) is 0 Å². The van der Waals surface area contributed by atoms with E-state index in [2.05, 4.69) is 10.9 Å². The first-order chi connectivity index (χ1) is 9.56. The molecule has 0 radical (unpaired) electrons. The van der Waals surface area contributed by atoms with Gasteiger partial charge in [0.2, 0.25) is 0 Å². The number of rotatable bonds is 4. The van der Waals surface area contributed by atoms with Gasteiger partial charge in [-0.15, -0.1) is 0 Å². The molecular weight excluding hydrogens is 262 g/mol. The van der Waals surface area contributed by atoms with Crippen molar-refractivity contribution < 1.29 is 14.5 Å². The summed E-state index contributed by atoms with van der Waals surface area (Å²) in [4.78, 5) is 33.0. The van der Waals surface area contributed by atoms with Gasteiger partial charge >= 0.3 is 0 Å². The van der Waals surface area contributed by atoms with Crippen LogP contribution >= 0.6 is 0 Å². The van der Waals surface area contributed by atoms with Crippen molar-refractivity contribution in [2.45, 2.75) is 19.3 Å². The number of benzene rings is 1. The van der Waals surface area contributed by atoms with Crippen LogP contribution in [0, 0.1) is 10.1 Å². The first kappa shape index (κ1) is 13.7. The molecule has 0 aromatic heterocycles. The standard InChI is InChI=1S/C13H13N3O4/c17-12-3-1-2-10(8-12)14-15-13(18)9-4-6-11(7-5-9)16(19)20/h4-8,14H,1-3H2,(H,15,18). The maximum absolute atomic E-state index is 11.8. The Labute approximate surface area is 114 Å². The summed E-state index contributed by atoms with van der Waals surface area (Å²) in [6, 6.07) is 5.27. The van der Waals surface area contributed by atoms with Crippen molar-refractivity contribution >= 4 is 17.4 Å². The third-order valence-electron chi connectivity index (χ3n) is 2.88. The summed E-state index contributed by atoms with van der Waals surface area (Å²) < 4.78 is 0. The van der Waals surface area contributed by atoms with E-state index in [4.69, 9.17) is 0 Å². The van der Waals surface area contributed by atoms with E-state index in [9.17, 15) is 19.7 Å². The molecule has 0 fully saturated rings. The van der Waals surface area contributed by atoms with Crippen molar-refractivity contribution in [2.24, 2.45) is 0 Å². The molecule has 1 aliphatic rings. The molecule has 0 bridgehead atoms. The van der Waals surface area contributed by atoms with Crippen LogP contribution in [0.3, 0.4) is 0 Å². The molecule has 20 heavy (non-hydrogen) atoms. The quantitative estimate of drug-likeness (QED) is 0.640. The second-order valence-electron chi connectivity index (χ2n) is 4.37. The van der Waals surface area contributed by atoms with Crippen molar-refractivity contribution in [3.63, 3.8) is 0 Å². The van der Waals surface area contributed by atoms with Crippen LogP contribution in [-0.2, 0) is 4.79 Å². The fourth-order valence-electron chi connectivity index (χ4n) is 1.83. The van der Waals surface area contributed by atoms with Gasteiger partial charge in [0.25, 0.3) is 11.6 Å². The number of hydrogen-bond acceptors (Lipinski definition) is 5. The monoisotopic (exact) mass is 275 g/mol. The first-order valence-corrected chi connectivity index (χ1v) is 6.10. The topological polar surface area (TPSA) is 101 Å². The minimum absolute atomic E-state index is 0.0309. The fourth-order valence-corrected chi connectivity index (χ4v) is 1.83. The molecule has 0 aliphatic heterocycles. The maximum Gasteiger partial charge on any atom is 0.269 e. The van der Waals surface area contributed by atoms with Crippen LogP contribution in [0.4, 0.5) is 5.69 Å². The predicted molar refractivity (Wildman–Crippen MR) is 70.6 cm³/mol. The molecule has 1 aromatic carbocycles. The number of allylic oxidation sites excluding steroid dienone is 2. The maximum atomic E-state index is 11.8. The van der Waals surface area contributed by atoms with Crippen LogP contribution in [0.15, 0.2) is 36.0 Å². The van der Waals surface area contributed by atoms with E-state index in [1.807, 2.05) is 0 Å². The molecule has 1 aliphatic carbocycles. The number of nitro benzene ring substituents is 1. The molecular formula is C13H13N3O4. The van der Waals surface area contributed by atoms with Gasteiger partial charge in [-0.2, -0.15) is 0 Å². The number of amides is 1. The predicted octanol–water partition coefficient (Wildman–Crippen LogP) is 1.47. The van der Waals surface area contributed by atoms with Gasteiger partial charge in [0.1, 0.15) is 0 Å². The molecule has 0 saturated carbocycles. The summed E-state index contributed by atoms with van der Waals surface area (Å²) in [5.74, 6) is -0.387. The Morgan fingerprint density at radius 2 is 1.90 bits per heavy atom. The summed E-state index contributed by atoms with van der Waals surface area (Å²) >= 11 is 0. The van der Waals surface area contributed by atoms with Crippen LogP contribution in [0.2, 0.25) is 0 Å². The van der Waals surface area contributed by atoms with Crippen molar-refractivity contribution in [2.75, 3.05) is 0 Å². The Hall–Kier alpha value is -2.70. The summed E-state index contributed by atoms with van der Waals surface area (Å²) in [5.41, 5.74) is 6.04. The third-order valence-corrected chi connectivity index (χ3v) is 2.88. The van der Waals surface area contributed by atoms with Crippen molar-refractivity contribution in [1.82, 2.24) is 10.9 Å². The highest BCUT2D eigenvalue weighted by molar-refractivity contribution is 5.94. The van der Waals surface area contributed by atoms with E-state index >= 15 is 0 Å². The Morgan fingerprint density at radius 1 is 1.20 bits per heavy atom. The minimum Gasteiger partial charge on any atom is -0.302 e. The van der Waals surface area contributed by atoms with E-state index in [0.717, 1.165) is 6.42 Å². The molecule has 1 aromatic rings. The van der Waals surface area contributed by atoms with E-state index in [-0.39, 0.29) is 11.5 Å². The number of hydrazine groups is 1. The number of carbonyl (C=O) groups excluding carboxylic acids is 2. The van der Waals surface area contributed by atoms with E-state index in [0.29, 0.717) is 24.1 Å². The van der Waals surface area contributed by atoms with Crippen molar-refractivity contribution in [3.05, 3.63) is 51.7 Å². The lowest BCUT2D eigenvalue weighted by molar-refractivity contribution is -0.384. The minimum atomic E-state index is -0.529. The highest BCUT2D eigenvalue weighted by Gasteiger charge is 2.12. The number of nitrogens with zero attached hydrogens (tertiary/aromatic N) is 1. The molecule has 1 amide bonds. The summed E-state index contributed by atoms with van der Waals surface area (Å²) in [7, 11) is 0. The van der Waals surface area contributed by atoms with Crippen LogP contribution in [0.1, 0.15) is 29.6 Å². The highest BCUT2D eigenvalue weighted by Crippen LogP contribution is 2.13. The van der Waals surface area contributed by atoms with Crippen molar-refractivity contribution in [1.29, 1.82) is 0 Å². The number of carbonyl (C=O) groups is 2. The molecule has 2 rings (SSSR count). The molecule has 0 heterocycles. The largest absolute Gasteiger partial charge is 0.302 e. The number of hydrogen-bond donors (Lipinski definition) is 2.